The second kappa shape index (κ2) is 12.9. The first-order valence-corrected chi connectivity index (χ1v) is 10.3. The van der Waals surface area contributed by atoms with Gasteiger partial charge in [-0.15, -0.1) is 0 Å². The predicted molar refractivity (Wildman–Crippen MR) is 109 cm³/mol. The number of nitrogen functional groups attached to an aromatic ring is 2. The molecule has 2 heterocycles. The van der Waals surface area contributed by atoms with Crippen molar-refractivity contribution in [2.45, 2.75) is 25.3 Å². The second-order valence-corrected chi connectivity index (χ2v) is 7.20. The fourth-order valence-electron chi connectivity index (χ4n) is 2.30. The van der Waals surface area contributed by atoms with E-state index in [1.807, 2.05) is 0 Å². The molecule has 0 aliphatic carbocycles. The Morgan fingerprint density at radius 1 is 0.875 bits per heavy atom. The Balaban J connectivity index is 1.70. The lowest BCUT2D eigenvalue weighted by Gasteiger charge is -2.15. The third-order valence-electron chi connectivity index (χ3n) is 3.92. The molecular weight excluding hydrogens is 451 g/mol. The summed E-state index contributed by atoms with van der Waals surface area (Å²) in [4.78, 5) is 30.5. The number of anilines is 2. The molecule has 0 fully saturated rings. The van der Waals surface area contributed by atoms with E-state index < -0.39 is 58.6 Å². The minimum atomic E-state index is -2.65. The zero-order chi connectivity index (χ0) is 23.5. The summed E-state index contributed by atoms with van der Waals surface area (Å²) in [6, 6.07) is 2.83. The van der Waals surface area contributed by atoms with Crippen molar-refractivity contribution in [3.8, 4) is 0 Å². The molecule has 16 heteroatoms. The Labute approximate surface area is 182 Å². The van der Waals surface area contributed by atoms with E-state index in [1.54, 1.807) is 0 Å². The fraction of sp³-hybridized carbons (Fsp3) is 0.500. The van der Waals surface area contributed by atoms with Crippen LogP contribution in [-0.4, -0.2) is 68.3 Å². The average Bonchev–Trinajstić information content (AvgIpc) is 2.75. The molecule has 32 heavy (non-hydrogen) atoms. The minimum Gasteiger partial charge on any atom is -0.394 e. The van der Waals surface area contributed by atoms with Crippen LogP contribution in [0.25, 0.3) is 0 Å². The van der Waals surface area contributed by atoms with Gasteiger partial charge in [0.2, 0.25) is 13.6 Å². The maximum atomic E-state index is 11.7. The summed E-state index contributed by atoms with van der Waals surface area (Å²) in [5, 5.41) is 18.7. The molecule has 0 bridgehead atoms. The first kappa shape index (κ1) is 25.5. The normalized spacial score (nSPS) is 13.6. The van der Waals surface area contributed by atoms with E-state index in [9.17, 15) is 24.4 Å². The molecule has 0 saturated heterocycles. The highest BCUT2D eigenvalue weighted by Crippen LogP contribution is 2.23. The van der Waals surface area contributed by atoms with Crippen molar-refractivity contribution < 1.29 is 33.3 Å². The van der Waals surface area contributed by atoms with Gasteiger partial charge in [0, 0.05) is 17.0 Å². The summed E-state index contributed by atoms with van der Waals surface area (Å²) < 4.78 is 34.2. The summed E-state index contributed by atoms with van der Waals surface area (Å²) >= 11 is 0. The average molecular weight is 475 g/mol. The molecule has 0 spiro atoms. The Kier molecular flexibility index (Phi) is 10.3. The number of aliphatic hydroxyl groups excluding tert-OH is 2. The number of ether oxygens (including phenoxy) is 2. The summed E-state index contributed by atoms with van der Waals surface area (Å²) in [6.07, 6.45) is 1.10. The number of hydrogen-bond acceptors (Lipinski definition) is 13. The van der Waals surface area contributed by atoms with Crippen molar-refractivity contribution in [2.24, 2.45) is 0 Å². The van der Waals surface area contributed by atoms with Crippen molar-refractivity contribution >= 4 is 19.9 Å². The Morgan fingerprint density at radius 3 is 1.62 bits per heavy atom. The van der Waals surface area contributed by atoms with Crippen LogP contribution in [0.4, 0.5) is 11.6 Å². The highest BCUT2D eigenvalue weighted by Gasteiger charge is 2.23. The summed E-state index contributed by atoms with van der Waals surface area (Å²) in [6.45, 7) is -1.98. The molecular formula is C16H24N6O9P+. The lowest BCUT2D eigenvalue weighted by atomic mass is 10.3. The van der Waals surface area contributed by atoms with Crippen LogP contribution in [0.5, 0.6) is 0 Å². The topological polar surface area (TPSA) is 216 Å². The van der Waals surface area contributed by atoms with E-state index in [2.05, 4.69) is 9.97 Å². The molecule has 0 aliphatic rings. The molecule has 2 atom stereocenters. The van der Waals surface area contributed by atoms with Gasteiger partial charge in [0.15, 0.2) is 0 Å². The van der Waals surface area contributed by atoms with E-state index in [-0.39, 0.29) is 24.7 Å². The second-order valence-electron chi connectivity index (χ2n) is 6.23. The maximum absolute atomic E-state index is 11.7. The first-order chi connectivity index (χ1) is 15.3. The molecule has 0 radical (unpaired) electrons. The summed E-state index contributed by atoms with van der Waals surface area (Å²) in [7, 11) is -2.65. The van der Waals surface area contributed by atoms with Gasteiger partial charge < -0.3 is 31.2 Å². The number of aliphatic hydroxyl groups is 2. The van der Waals surface area contributed by atoms with Gasteiger partial charge in [-0.1, -0.05) is 9.05 Å². The Morgan fingerprint density at radius 2 is 1.28 bits per heavy atom. The molecule has 15 nitrogen and oxygen atoms in total. The molecule has 2 rings (SSSR count). The van der Waals surface area contributed by atoms with Crippen LogP contribution in [0.15, 0.2) is 34.1 Å². The van der Waals surface area contributed by atoms with Gasteiger partial charge >= 0.3 is 19.6 Å². The number of hydrogen-bond donors (Lipinski definition) is 4. The maximum Gasteiger partial charge on any atom is 0.702 e. The van der Waals surface area contributed by atoms with Gasteiger partial charge in [0.05, 0.1) is 26.3 Å². The van der Waals surface area contributed by atoms with Crippen molar-refractivity contribution in [3.05, 3.63) is 45.5 Å². The number of nitrogens with two attached hydrogens (primary N) is 2. The molecule has 2 aromatic rings. The SMILES string of the molecule is Nc1ccn(CC(CO)OCO[P+](=O)OCOC(CO)Cn2ccc(N)nc2=O)c(=O)n1. The number of nitrogens with zero attached hydrogens (tertiary/aromatic N) is 4. The number of rotatable bonds is 14. The van der Waals surface area contributed by atoms with Crippen LogP contribution < -0.4 is 22.8 Å². The van der Waals surface area contributed by atoms with Gasteiger partial charge in [-0.05, 0) is 12.1 Å². The molecule has 0 aromatic carbocycles. The first-order valence-electron chi connectivity index (χ1n) is 9.16. The van der Waals surface area contributed by atoms with E-state index in [4.69, 9.17) is 30.0 Å². The Hall–Kier alpha value is -2.78. The van der Waals surface area contributed by atoms with E-state index >= 15 is 0 Å². The highest BCUT2D eigenvalue weighted by atomic mass is 31.1. The molecule has 2 unspecified atom stereocenters. The van der Waals surface area contributed by atoms with Crippen molar-refractivity contribution in [1.82, 2.24) is 19.1 Å². The monoisotopic (exact) mass is 475 g/mol. The third kappa shape index (κ3) is 8.39. The van der Waals surface area contributed by atoms with Crippen molar-refractivity contribution in [3.63, 3.8) is 0 Å². The zero-order valence-electron chi connectivity index (χ0n) is 16.8. The van der Waals surface area contributed by atoms with Gasteiger partial charge in [0.25, 0.3) is 0 Å². The molecule has 176 valence electrons. The smallest absolute Gasteiger partial charge is 0.394 e. The lowest BCUT2D eigenvalue weighted by Crippen LogP contribution is -2.32. The van der Waals surface area contributed by atoms with Crippen LogP contribution >= 0.6 is 8.25 Å². The van der Waals surface area contributed by atoms with Gasteiger partial charge in [-0.25, -0.2) is 9.59 Å². The van der Waals surface area contributed by atoms with Crippen LogP contribution in [0, 0.1) is 0 Å². The highest BCUT2D eigenvalue weighted by molar-refractivity contribution is 7.33. The molecule has 0 amide bonds. The predicted octanol–water partition coefficient (Wildman–Crippen LogP) is -1.97. The van der Waals surface area contributed by atoms with Crippen LogP contribution in [0.1, 0.15) is 0 Å². The molecule has 2 aromatic heterocycles. The standard InChI is InChI=1S/C16H23N6O9P/c17-13-1-3-21(15(25)19-13)5-11(7-23)28-9-30-32(27)31-10-29-12(8-24)6-22-4-2-14(18)20-16(22)26/h1-4,11-12,23-24H,5-10H2,(H3-,17,18,19,20,25,26)/p+1. The number of aromatic nitrogens is 4. The Bertz CT molecular complexity index is 923. The van der Waals surface area contributed by atoms with Crippen LogP contribution in [0.2, 0.25) is 0 Å². The lowest BCUT2D eigenvalue weighted by molar-refractivity contribution is -0.0844. The van der Waals surface area contributed by atoms with E-state index in [1.165, 1.54) is 33.7 Å². The quantitative estimate of drug-likeness (QED) is 0.172. The largest absolute Gasteiger partial charge is 0.702 e. The third-order valence-corrected chi connectivity index (χ3v) is 4.56. The van der Waals surface area contributed by atoms with Gasteiger partial charge in [-0.3, -0.25) is 9.13 Å². The molecule has 0 aliphatic heterocycles. The van der Waals surface area contributed by atoms with Crippen molar-refractivity contribution in [2.75, 3.05) is 38.3 Å². The fourth-order valence-corrected chi connectivity index (χ4v) is 2.67. The van der Waals surface area contributed by atoms with E-state index in [0.29, 0.717) is 0 Å². The summed E-state index contributed by atoms with van der Waals surface area (Å²) in [5.41, 5.74) is 9.58. The van der Waals surface area contributed by atoms with Gasteiger partial charge in [-0.2, -0.15) is 9.97 Å². The molecule has 6 N–H and O–H groups in total. The van der Waals surface area contributed by atoms with Crippen LogP contribution in [-0.2, 0) is 36.2 Å². The zero-order valence-corrected chi connectivity index (χ0v) is 17.7. The van der Waals surface area contributed by atoms with Crippen molar-refractivity contribution in [1.29, 1.82) is 0 Å². The minimum absolute atomic E-state index is 0.0374. The van der Waals surface area contributed by atoms with Gasteiger partial charge in [0.1, 0.15) is 23.8 Å². The van der Waals surface area contributed by atoms with E-state index in [0.717, 1.165) is 0 Å². The summed E-state index contributed by atoms with van der Waals surface area (Å²) in [5.74, 6) is 0.126. The molecule has 0 saturated carbocycles. The van der Waals surface area contributed by atoms with Crippen LogP contribution in [0.3, 0.4) is 0 Å².